The SMILES string of the molecule is COc1cccc(CN(C)CC(=O)Nc2c(C)nn(C)c2C)c1. The molecule has 0 spiro atoms. The van der Waals surface area contributed by atoms with Crippen molar-refractivity contribution in [3.8, 4) is 5.75 Å². The molecule has 23 heavy (non-hydrogen) atoms. The van der Waals surface area contributed by atoms with Crippen LogP contribution in [-0.2, 0) is 18.4 Å². The van der Waals surface area contributed by atoms with E-state index in [2.05, 4.69) is 10.4 Å². The number of amides is 1. The number of carbonyl (C=O) groups is 1. The zero-order chi connectivity index (χ0) is 17.0. The van der Waals surface area contributed by atoms with Gasteiger partial charge in [0.2, 0.25) is 5.91 Å². The van der Waals surface area contributed by atoms with Gasteiger partial charge in [-0.2, -0.15) is 5.10 Å². The predicted octanol–water partition coefficient (Wildman–Crippen LogP) is 2.12. The Morgan fingerprint density at radius 3 is 2.74 bits per heavy atom. The predicted molar refractivity (Wildman–Crippen MR) is 90.6 cm³/mol. The number of aryl methyl sites for hydroxylation is 2. The summed E-state index contributed by atoms with van der Waals surface area (Å²) in [5.74, 6) is 0.775. The summed E-state index contributed by atoms with van der Waals surface area (Å²) in [6, 6.07) is 7.85. The molecule has 1 amide bonds. The van der Waals surface area contributed by atoms with Gasteiger partial charge < -0.3 is 10.1 Å². The summed E-state index contributed by atoms with van der Waals surface area (Å²) < 4.78 is 6.99. The Kier molecular flexibility index (Phi) is 5.39. The van der Waals surface area contributed by atoms with Crippen LogP contribution in [0.5, 0.6) is 5.75 Å². The van der Waals surface area contributed by atoms with Gasteiger partial charge in [-0.3, -0.25) is 14.4 Å². The van der Waals surface area contributed by atoms with Crippen LogP contribution in [0.15, 0.2) is 24.3 Å². The van der Waals surface area contributed by atoms with Gasteiger partial charge in [0.1, 0.15) is 5.75 Å². The second-order valence-electron chi connectivity index (χ2n) is 5.74. The van der Waals surface area contributed by atoms with E-state index >= 15 is 0 Å². The normalized spacial score (nSPS) is 10.9. The van der Waals surface area contributed by atoms with Crippen molar-refractivity contribution >= 4 is 11.6 Å². The molecule has 6 heteroatoms. The first-order chi connectivity index (χ1) is 10.9. The van der Waals surface area contributed by atoms with Gasteiger partial charge >= 0.3 is 0 Å². The lowest BCUT2D eigenvalue weighted by molar-refractivity contribution is -0.117. The third kappa shape index (κ3) is 4.32. The Morgan fingerprint density at radius 2 is 2.13 bits per heavy atom. The number of nitrogens with one attached hydrogen (secondary N) is 1. The standard InChI is InChI=1S/C17H24N4O2/c1-12-17(13(2)21(4)19-12)18-16(22)11-20(3)10-14-7-6-8-15(9-14)23-5/h6-9H,10-11H2,1-5H3,(H,18,22). The van der Waals surface area contributed by atoms with Crippen LogP contribution in [0.4, 0.5) is 5.69 Å². The van der Waals surface area contributed by atoms with E-state index in [9.17, 15) is 4.79 Å². The van der Waals surface area contributed by atoms with Crippen molar-refractivity contribution in [1.82, 2.24) is 14.7 Å². The van der Waals surface area contributed by atoms with E-state index in [-0.39, 0.29) is 5.91 Å². The molecule has 0 saturated carbocycles. The van der Waals surface area contributed by atoms with Gasteiger partial charge in [-0.15, -0.1) is 0 Å². The summed E-state index contributed by atoms with van der Waals surface area (Å²) in [6.45, 7) is 4.82. The number of nitrogens with zero attached hydrogens (tertiary/aromatic N) is 3. The van der Waals surface area contributed by atoms with Crippen LogP contribution in [-0.4, -0.2) is 41.3 Å². The number of rotatable bonds is 6. The van der Waals surface area contributed by atoms with Crippen molar-refractivity contribution in [2.75, 3.05) is 26.0 Å². The van der Waals surface area contributed by atoms with Crippen LogP contribution in [0.1, 0.15) is 17.0 Å². The van der Waals surface area contributed by atoms with Gasteiger partial charge in [-0.25, -0.2) is 0 Å². The van der Waals surface area contributed by atoms with E-state index in [1.807, 2.05) is 57.1 Å². The van der Waals surface area contributed by atoms with Gasteiger partial charge in [0, 0.05) is 13.6 Å². The number of carbonyl (C=O) groups excluding carboxylic acids is 1. The fraction of sp³-hybridized carbons (Fsp3) is 0.412. The molecular formula is C17H24N4O2. The number of hydrogen-bond acceptors (Lipinski definition) is 4. The molecule has 0 aliphatic rings. The Morgan fingerprint density at radius 1 is 1.39 bits per heavy atom. The molecule has 0 bridgehead atoms. The molecule has 1 N–H and O–H groups in total. The maximum Gasteiger partial charge on any atom is 0.238 e. The second kappa shape index (κ2) is 7.28. The smallest absolute Gasteiger partial charge is 0.238 e. The number of likely N-dealkylation sites (N-methyl/N-ethyl adjacent to an activating group) is 1. The highest BCUT2D eigenvalue weighted by atomic mass is 16.5. The van der Waals surface area contributed by atoms with E-state index in [0.717, 1.165) is 28.4 Å². The first kappa shape index (κ1) is 17.0. The molecule has 0 aliphatic carbocycles. The topological polar surface area (TPSA) is 59.4 Å². The van der Waals surface area contributed by atoms with E-state index in [1.165, 1.54) is 0 Å². The number of aromatic nitrogens is 2. The summed E-state index contributed by atoms with van der Waals surface area (Å²) in [6.07, 6.45) is 0. The Balaban J connectivity index is 1.94. The van der Waals surface area contributed by atoms with E-state index < -0.39 is 0 Å². The van der Waals surface area contributed by atoms with Gasteiger partial charge in [-0.05, 0) is 38.6 Å². The fourth-order valence-electron chi connectivity index (χ4n) is 2.52. The Labute approximate surface area is 137 Å². The molecule has 0 fully saturated rings. The van der Waals surface area contributed by atoms with Crippen molar-refractivity contribution in [2.24, 2.45) is 7.05 Å². The van der Waals surface area contributed by atoms with Crippen LogP contribution in [0.25, 0.3) is 0 Å². The first-order valence-electron chi connectivity index (χ1n) is 7.52. The number of benzene rings is 1. The summed E-state index contributed by atoms with van der Waals surface area (Å²) in [5.41, 5.74) is 3.68. The summed E-state index contributed by atoms with van der Waals surface area (Å²) in [5, 5.41) is 7.25. The van der Waals surface area contributed by atoms with Gasteiger partial charge in [0.15, 0.2) is 0 Å². The van der Waals surface area contributed by atoms with Crippen LogP contribution < -0.4 is 10.1 Å². The van der Waals surface area contributed by atoms with Crippen LogP contribution in [0.2, 0.25) is 0 Å². The molecule has 0 saturated heterocycles. The minimum absolute atomic E-state index is 0.0467. The molecule has 1 aromatic heterocycles. The number of hydrogen-bond donors (Lipinski definition) is 1. The largest absolute Gasteiger partial charge is 0.497 e. The minimum atomic E-state index is -0.0467. The Bertz CT molecular complexity index is 694. The molecule has 6 nitrogen and oxygen atoms in total. The van der Waals surface area contributed by atoms with Crippen molar-refractivity contribution in [3.63, 3.8) is 0 Å². The highest BCUT2D eigenvalue weighted by Crippen LogP contribution is 2.18. The third-order valence-corrected chi connectivity index (χ3v) is 3.77. The molecule has 2 aromatic rings. The maximum atomic E-state index is 12.2. The lowest BCUT2D eigenvalue weighted by Gasteiger charge is -2.17. The molecule has 0 aliphatic heterocycles. The minimum Gasteiger partial charge on any atom is -0.497 e. The van der Waals surface area contributed by atoms with E-state index in [1.54, 1.807) is 11.8 Å². The van der Waals surface area contributed by atoms with Crippen molar-refractivity contribution in [2.45, 2.75) is 20.4 Å². The van der Waals surface area contributed by atoms with Crippen LogP contribution in [0, 0.1) is 13.8 Å². The maximum absolute atomic E-state index is 12.2. The van der Waals surface area contributed by atoms with Crippen molar-refractivity contribution in [3.05, 3.63) is 41.2 Å². The monoisotopic (exact) mass is 316 g/mol. The second-order valence-corrected chi connectivity index (χ2v) is 5.74. The number of ether oxygens (including phenoxy) is 1. The third-order valence-electron chi connectivity index (χ3n) is 3.77. The fourth-order valence-corrected chi connectivity index (χ4v) is 2.52. The Hall–Kier alpha value is -2.34. The molecule has 0 radical (unpaired) electrons. The molecule has 1 heterocycles. The zero-order valence-electron chi connectivity index (χ0n) is 14.4. The zero-order valence-corrected chi connectivity index (χ0v) is 14.4. The van der Waals surface area contributed by atoms with Gasteiger partial charge in [-0.1, -0.05) is 12.1 Å². The van der Waals surface area contributed by atoms with Crippen molar-refractivity contribution in [1.29, 1.82) is 0 Å². The van der Waals surface area contributed by atoms with E-state index in [4.69, 9.17) is 4.74 Å². The number of methoxy groups -OCH3 is 1. The highest BCUT2D eigenvalue weighted by Gasteiger charge is 2.14. The molecule has 1 aromatic carbocycles. The number of anilines is 1. The summed E-state index contributed by atoms with van der Waals surface area (Å²) in [4.78, 5) is 14.2. The van der Waals surface area contributed by atoms with Crippen LogP contribution >= 0.6 is 0 Å². The lowest BCUT2D eigenvalue weighted by Crippen LogP contribution is -2.30. The average molecular weight is 316 g/mol. The van der Waals surface area contributed by atoms with E-state index in [0.29, 0.717) is 13.1 Å². The summed E-state index contributed by atoms with van der Waals surface area (Å²) in [7, 11) is 5.43. The molecule has 0 unspecified atom stereocenters. The van der Waals surface area contributed by atoms with Crippen molar-refractivity contribution < 1.29 is 9.53 Å². The molecular weight excluding hydrogens is 292 g/mol. The van der Waals surface area contributed by atoms with Gasteiger partial charge in [0.05, 0.1) is 30.7 Å². The molecule has 2 rings (SSSR count). The lowest BCUT2D eigenvalue weighted by atomic mass is 10.2. The highest BCUT2D eigenvalue weighted by molar-refractivity contribution is 5.93. The quantitative estimate of drug-likeness (QED) is 0.887. The van der Waals surface area contributed by atoms with Crippen LogP contribution in [0.3, 0.4) is 0 Å². The molecule has 124 valence electrons. The first-order valence-corrected chi connectivity index (χ1v) is 7.52. The molecule has 0 atom stereocenters. The van der Waals surface area contributed by atoms with Gasteiger partial charge in [0.25, 0.3) is 0 Å². The average Bonchev–Trinajstić information content (AvgIpc) is 2.73. The summed E-state index contributed by atoms with van der Waals surface area (Å²) >= 11 is 0.